The Morgan fingerprint density at radius 2 is 1.49 bits per heavy atom. The second-order valence-electron chi connectivity index (χ2n) is 10.3. The first-order valence-electron chi connectivity index (χ1n) is 13.6. The van der Waals surface area contributed by atoms with E-state index in [1.165, 1.54) is 12.1 Å². The molecule has 0 aliphatic heterocycles. The summed E-state index contributed by atoms with van der Waals surface area (Å²) in [5.74, 6) is -0.686. The van der Waals surface area contributed by atoms with Gasteiger partial charge in [0.2, 0.25) is 5.91 Å². The van der Waals surface area contributed by atoms with Crippen LogP contribution in [0.15, 0.2) is 96.4 Å². The normalized spacial score (nSPS) is 12.0. The molecule has 0 unspecified atom stereocenters. The van der Waals surface area contributed by atoms with Crippen LogP contribution in [0.25, 0.3) is 0 Å². The molecule has 0 atom stereocenters. The van der Waals surface area contributed by atoms with Gasteiger partial charge in [-0.05, 0) is 68.5 Å². The van der Waals surface area contributed by atoms with Crippen molar-refractivity contribution in [3.8, 4) is 11.5 Å². The van der Waals surface area contributed by atoms with Gasteiger partial charge in [0.15, 0.2) is 11.6 Å². The quantitative estimate of drug-likeness (QED) is 0.120. The molecule has 1 amide bonds. The van der Waals surface area contributed by atoms with Crippen LogP contribution < -0.4 is 50.2 Å². The van der Waals surface area contributed by atoms with Crippen molar-refractivity contribution < 1.29 is 61.6 Å². The van der Waals surface area contributed by atoms with Crippen molar-refractivity contribution in [3.63, 3.8) is 0 Å². The molecule has 0 aromatic heterocycles. The van der Waals surface area contributed by atoms with Crippen LogP contribution in [0.4, 0.5) is 17.1 Å². The molecular weight excluding hydrogens is 605 g/mol. The number of fused-ring (bicyclic) bond motifs is 2. The second-order valence-corrected chi connectivity index (χ2v) is 11.6. The van der Waals surface area contributed by atoms with Gasteiger partial charge in [-0.1, -0.05) is 36.9 Å². The van der Waals surface area contributed by atoms with E-state index < -0.39 is 20.9 Å². The summed E-state index contributed by atoms with van der Waals surface area (Å²) >= 11 is 0. The first-order chi connectivity index (χ1) is 21.0. The molecule has 224 valence electrons. The fraction of sp³-hybridized carbons (Fsp3) is 0.121. The molecule has 0 radical (unpaired) electrons. The molecule has 0 saturated carbocycles. The van der Waals surface area contributed by atoms with Crippen LogP contribution in [-0.4, -0.2) is 36.5 Å². The molecule has 0 fully saturated rings. The molecule has 4 aromatic rings. The molecule has 0 spiro atoms. The third-order valence-electron chi connectivity index (χ3n) is 6.87. The molecule has 12 heteroatoms. The van der Waals surface area contributed by atoms with Gasteiger partial charge in [-0.3, -0.25) is 14.4 Å². The molecule has 10 nitrogen and oxygen atoms in total. The monoisotopic (exact) mass is 633 g/mol. The average molecular weight is 634 g/mol. The number of nitrogens with one attached hydrogen (secondary N) is 3. The maximum Gasteiger partial charge on any atom is 1.00 e. The predicted molar refractivity (Wildman–Crippen MR) is 165 cm³/mol. The topological polar surface area (TPSA) is 154 Å². The van der Waals surface area contributed by atoms with Crippen molar-refractivity contribution in [1.82, 2.24) is 5.32 Å². The van der Waals surface area contributed by atoms with Crippen molar-refractivity contribution in [2.24, 2.45) is 0 Å². The minimum Gasteiger partial charge on any atom is -0.744 e. The van der Waals surface area contributed by atoms with E-state index in [1.807, 2.05) is 13.8 Å². The van der Waals surface area contributed by atoms with Gasteiger partial charge in [0.05, 0.1) is 21.7 Å². The molecule has 0 heterocycles. The maximum atomic E-state index is 13.7. The Morgan fingerprint density at radius 3 is 2.07 bits per heavy atom. The number of rotatable bonds is 10. The van der Waals surface area contributed by atoms with Gasteiger partial charge in [0, 0.05) is 40.7 Å². The van der Waals surface area contributed by atoms with E-state index in [9.17, 15) is 27.4 Å². The van der Waals surface area contributed by atoms with Gasteiger partial charge >= 0.3 is 29.6 Å². The van der Waals surface area contributed by atoms with E-state index in [1.54, 1.807) is 60.7 Å². The van der Waals surface area contributed by atoms with E-state index in [-0.39, 0.29) is 70.6 Å². The second kappa shape index (κ2) is 13.8. The van der Waals surface area contributed by atoms with Crippen LogP contribution in [0.3, 0.4) is 0 Å². The van der Waals surface area contributed by atoms with E-state index in [0.29, 0.717) is 39.5 Å². The minimum absolute atomic E-state index is 0. The van der Waals surface area contributed by atoms with Crippen LogP contribution in [-0.2, 0) is 21.5 Å². The van der Waals surface area contributed by atoms with Gasteiger partial charge < -0.3 is 25.2 Å². The van der Waals surface area contributed by atoms with Crippen molar-refractivity contribution in [1.29, 1.82) is 0 Å². The Balaban J connectivity index is 0.00000461. The Morgan fingerprint density at radius 1 is 0.889 bits per heavy atom. The van der Waals surface area contributed by atoms with Gasteiger partial charge in [0.1, 0.15) is 21.6 Å². The number of anilines is 3. The summed E-state index contributed by atoms with van der Waals surface area (Å²) in [6.45, 7) is 6.98. The Kier molecular flexibility index (Phi) is 10.3. The number of hydrogen-bond donors (Lipinski definition) is 3. The molecule has 45 heavy (non-hydrogen) atoms. The number of amides is 1. The summed E-state index contributed by atoms with van der Waals surface area (Å²) in [6.07, 6.45) is 1.02. The molecule has 0 saturated heterocycles. The fourth-order valence-corrected chi connectivity index (χ4v) is 5.66. The zero-order valence-corrected chi connectivity index (χ0v) is 27.7. The Bertz CT molecular complexity index is 1920. The predicted octanol–water partition coefficient (Wildman–Crippen LogP) is 2.53. The largest absolute Gasteiger partial charge is 1.00 e. The van der Waals surface area contributed by atoms with Gasteiger partial charge in [-0.2, -0.15) is 0 Å². The van der Waals surface area contributed by atoms with Gasteiger partial charge in [-0.25, -0.2) is 8.42 Å². The van der Waals surface area contributed by atoms with Crippen LogP contribution in [0.5, 0.6) is 11.5 Å². The molecule has 1 aliphatic rings. The number of hydrogen-bond acceptors (Lipinski definition) is 9. The first-order valence-corrected chi connectivity index (χ1v) is 15.0. The van der Waals surface area contributed by atoms with Crippen LogP contribution in [0.1, 0.15) is 51.3 Å². The zero-order chi connectivity index (χ0) is 31.6. The van der Waals surface area contributed by atoms with Gasteiger partial charge in [0.25, 0.3) is 0 Å². The molecule has 3 N–H and O–H groups in total. The summed E-state index contributed by atoms with van der Waals surface area (Å²) in [4.78, 5) is 38.4. The van der Waals surface area contributed by atoms with E-state index in [0.717, 1.165) is 12.1 Å². The van der Waals surface area contributed by atoms with E-state index in [4.69, 9.17) is 4.74 Å². The summed E-state index contributed by atoms with van der Waals surface area (Å²) in [5.41, 5.74) is 2.85. The molecule has 4 aromatic carbocycles. The zero-order valence-electron chi connectivity index (χ0n) is 24.8. The number of ketones is 2. The summed E-state index contributed by atoms with van der Waals surface area (Å²) in [5, 5.41) is 8.97. The molecule has 0 bridgehead atoms. The van der Waals surface area contributed by atoms with Crippen molar-refractivity contribution in [3.05, 3.63) is 119 Å². The number of ether oxygens (including phenoxy) is 1. The summed E-state index contributed by atoms with van der Waals surface area (Å²) in [7, 11) is -4.86. The third-order valence-corrected chi connectivity index (χ3v) is 7.79. The summed E-state index contributed by atoms with van der Waals surface area (Å²) in [6, 6.07) is 20.8. The Hall–Kier alpha value is -4.26. The average Bonchev–Trinajstić information content (AvgIpc) is 2.99. The van der Waals surface area contributed by atoms with E-state index >= 15 is 0 Å². The Labute approximate surface area is 282 Å². The van der Waals surface area contributed by atoms with Crippen molar-refractivity contribution in [2.45, 2.75) is 31.3 Å². The first kappa shape index (κ1) is 33.6. The summed E-state index contributed by atoms with van der Waals surface area (Å²) < 4.78 is 41.5. The SMILES string of the molecule is C=CC(=O)NCc1c(Oc2ccc(Nc3ccc(NC(C)C)c4c3C(=O)c3ccccc3C4=O)cc2)cccc1S(=O)(=O)[O-].[Na+]. The van der Waals surface area contributed by atoms with Gasteiger partial charge in [-0.15, -0.1) is 0 Å². The number of carbonyl (C=O) groups is 3. The smallest absolute Gasteiger partial charge is 0.744 e. The van der Waals surface area contributed by atoms with Crippen LogP contribution >= 0.6 is 0 Å². The molecule has 1 aliphatic carbocycles. The standard InChI is InChI=1S/C33H29N3O7S.Na/c1-4-29(37)34-18-24-27(10-7-11-28(24)44(40,41)42)43-21-14-12-20(13-15-21)36-26-17-16-25(35-19(2)3)30-31(26)33(39)23-9-6-5-8-22(23)32(30)38;/h4-17,19,35-36H,1,18H2,2-3H3,(H,34,37)(H,40,41,42);/q;+1/p-1. The van der Waals surface area contributed by atoms with Crippen LogP contribution in [0.2, 0.25) is 0 Å². The fourth-order valence-electron chi connectivity index (χ4n) is 4.94. The maximum absolute atomic E-state index is 13.7. The minimum atomic E-state index is -4.86. The third kappa shape index (κ3) is 7.19. The van der Waals surface area contributed by atoms with Crippen molar-refractivity contribution in [2.75, 3.05) is 10.6 Å². The van der Waals surface area contributed by atoms with Crippen molar-refractivity contribution >= 4 is 44.7 Å². The number of benzene rings is 4. The molecule has 5 rings (SSSR count). The number of carbonyl (C=O) groups excluding carboxylic acids is 3. The van der Waals surface area contributed by atoms with Crippen LogP contribution in [0, 0.1) is 0 Å². The molecular formula is C33H28N3NaO7S. The van der Waals surface area contributed by atoms with E-state index in [2.05, 4.69) is 22.5 Å².